The first-order valence-corrected chi connectivity index (χ1v) is 11.4. The van der Waals surface area contributed by atoms with Gasteiger partial charge in [0.05, 0.1) is 11.3 Å². The molecule has 0 heterocycles. The number of carbonyl (C=O) groups is 3. The van der Waals surface area contributed by atoms with Crippen LogP contribution in [0, 0.1) is 11.6 Å². The number of alkyl halides is 3. The first kappa shape index (κ1) is 28.4. The number of anilines is 3. The summed E-state index contributed by atoms with van der Waals surface area (Å²) in [4.78, 5) is 38.3. The number of nitrogens with one attached hydrogen (secondary N) is 3. The Kier molecular flexibility index (Phi) is 8.89. The molecule has 0 aliphatic carbocycles. The van der Waals surface area contributed by atoms with Gasteiger partial charge in [0.1, 0.15) is 17.2 Å². The van der Waals surface area contributed by atoms with Crippen molar-refractivity contribution in [2.24, 2.45) is 0 Å². The summed E-state index contributed by atoms with van der Waals surface area (Å²) in [6.07, 6.45) is -4.44. The van der Waals surface area contributed by atoms with Crippen LogP contribution in [0.15, 0.2) is 60.7 Å². The lowest BCUT2D eigenvalue weighted by Gasteiger charge is -2.24. The van der Waals surface area contributed by atoms with Crippen LogP contribution in [0.5, 0.6) is 0 Å². The maximum absolute atomic E-state index is 13.8. The molecule has 3 rings (SSSR count). The van der Waals surface area contributed by atoms with E-state index in [0.717, 1.165) is 30.3 Å². The predicted molar refractivity (Wildman–Crippen MR) is 132 cm³/mol. The third kappa shape index (κ3) is 6.97. The van der Waals surface area contributed by atoms with E-state index in [1.54, 1.807) is 24.4 Å². The van der Waals surface area contributed by atoms with Gasteiger partial charge >= 0.3 is 18.2 Å². The largest absolute Gasteiger partial charge is 0.418 e. The monoisotopic (exact) mass is 554 g/mol. The number of nitrogens with zero attached hydrogens (tertiary/aromatic N) is 1. The van der Waals surface area contributed by atoms with Crippen molar-refractivity contribution in [1.82, 2.24) is 5.32 Å². The van der Waals surface area contributed by atoms with E-state index in [4.69, 9.17) is 11.6 Å². The minimum Gasteiger partial charge on any atom is -0.308 e. The van der Waals surface area contributed by atoms with Crippen molar-refractivity contribution in [1.29, 1.82) is 0 Å². The molecule has 200 valence electrons. The molecule has 0 spiro atoms. The topological polar surface area (TPSA) is 90.5 Å². The van der Waals surface area contributed by atoms with Gasteiger partial charge < -0.3 is 10.6 Å². The second-order valence-corrected chi connectivity index (χ2v) is 8.26. The zero-order chi connectivity index (χ0) is 28.0. The van der Waals surface area contributed by atoms with Gasteiger partial charge in [-0.15, -0.1) is 0 Å². The summed E-state index contributed by atoms with van der Waals surface area (Å²) in [5.74, 6) is -3.90. The molecule has 7 nitrogen and oxygen atoms in total. The molecule has 0 aliphatic rings. The van der Waals surface area contributed by atoms with Gasteiger partial charge in [0.15, 0.2) is 0 Å². The Balaban J connectivity index is 1.80. The molecule has 0 saturated carbocycles. The zero-order valence-corrected chi connectivity index (χ0v) is 20.4. The minimum absolute atomic E-state index is 0.200. The van der Waals surface area contributed by atoms with Gasteiger partial charge in [-0.1, -0.05) is 24.6 Å². The smallest absolute Gasteiger partial charge is 0.308 e. The first-order valence-electron chi connectivity index (χ1n) is 11.0. The molecule has 5 amide bonds. The van der Waals surface area contributed by atoms with Gasteiger partial charge in [-0.3, -0.25) is 15.0 Å². The number of benzene rings is 3. The molecule has 0 fully saturated rings. The van der Waals surface area contributed by atoms with E-state index < -0.39 is 58.3 Å². The number of hydrogen-bond acceptors (Lipinski definition) is 3. The number of carbonyl (C=O) groups excluding carboxylic acids is 3. The third-order valence-corrected chi connectivity index (χ3v) is 5.32. The Hall–Kier alpha value is -4.19. The summed E-state index contributed by atoms with van der Waals surface area (Å²) in [5.41, 5.74) is -2.91. The van der Waals surface area contributed by atoms with Crippen LogP contribution in [0.2, 0.25) is 5.02 Å². The maximum atomic E-state index is 13.8. The number of urea groups is 2. The summed E-state index contributed by atoms with van der Waals surface area (Å²) >= 11 is 5.87. The molecule has 0 aromatic heterocycles. The van der Waals surface area contributed by atoms with Crippen LogP contribution in [-0.4, -0.2) is 24.5 Å². The highest BCUT2D eigenvalue weighted by Crippen LogP contribution is 2.37. The highest BCUT2D eigenvalue weighted by atomic mass is 35.5. The molecule has 0 atom stereocenters. The molecule has 3 N–H and O–H groups in total. The highest BCUT2D eigenvalue weighted by Gasteiger charge is 2.35. The Labute approximate surface area is 218 Å². The van der Waals surface area contributed by atoms with Gasteiger partial charge in [0.25, 0.3) is 5.91 Å². The average molecular weight is 555 g/mol. The molecule has 0 radical (unpaired) electrons. The van der Waals surface area contributed by atoms with Gasteiger partial charge in [-0.05, 0) is 61.0 Å². The van der Waals surface area contributed by atoms with E-state index in [0.29, 0.717) is 23.2 Å². The summed E-state index contributed by atoms with van der Waals surface area (Å²) in [6, 6.07) is 9.09. The normalized spacial score (nSPS) is 11.0. The average Bonchev–Trinajstić information content (AvgIpc) is 2.83. The fourth-order valence-corrected chi connectivity index (χ4v) is 3.51. The second-order valence-electron chi connectivity index (χ2n) is 7.82. The van der Waals surface area contributed by atoms with E-state index in [9.17, 15) is 36.3 Å². The fourth-order valence-electron chi connectivity index (χ4n) is 3.38. The summed E-state index contributed by atoms with van der Waals surface area (Å²) in [5, 5.41) is 6.29. The van der Waals surface area contributed by atoms with Crippen LogP contribution in [0.4, 0.5) is 48.6 Å². The van der Waals surface area contributed by atoms with Gasteiger partial charge in [0.2, 0.25) is 0 Å². The van der Waals surface area contributed by atoms with Crippen molar-refractivity contribution >= 4 is 46.6 Å². The van der Waals surface area contributed by atoms with Crippen molar-refractivity contribution in [3.8, 4) is 0 Å². The Morgan fingerprint density at radius 2 is 1.55 bits per heavy atom. The van der Waals surface area contributed by atoms with Crippen LogP contribution >= 0.6 is 11.6 Å². The first-order chi connectivity index (χ1) is 17.9. The predicted octanol–water partition coefficient (Wildman–Crippen LogP) is 7.05. The highest BCUT2D eigenvalue weighted by molar-refractivity contribution is 6.30. The molecular weight excluding hydrogens is 535 g/mol. The van der Waals surface area contributed by atoms with Gasteiger partial charge in [0, 0.05) is 22.9 Å². The molecule has 0 unspecified atom stereocenters. The lowest BCUT2D eigenvalue weighted by molar-refractivity contribution is -0.136. The van der Waals surface area contributed by atoms with E-state index >= 15 is 0 Å². The summed E-state index contributed by atoms with van der Waals surface area (Å²) in [7, 11) is 0. The van der Waals surface area contributed by atoms with Crippen LogP contribution in [0.25, 0.3) is 0 Å². The standard InChI is InChI=1S/C25H20ClF5N4O3/c1-2-12-35(16-9-6-14(26)7-10-16)24(38)33-20-11-8-15(13-17(20)25(29,30)31)32-23(37)34-22(36)21-18(27)4-3-5-19(21)28/h3-11,13H,2,12H2,1H3,(H,33,38)(H2,32,34,36,37). The Morgan fingerprint density at radius 3 is 2.13 bits per heavy atom. The van der Waals surface area contributed by atoms with E-state index in [2.05, 4.69) is 5.32 Å². The van der Waals surface area contributed by atoms with Crippen molar-refractivity contribution in [2.45, 2.75) is 19.5 Å². The van der Waals surface area contributed by atoms with Crippen LogP contribution in [-0.2, 0) is 6.18 Å². The Bertz CT molecular complexity index is 1330. The molecule has 3 aromatic rings. The SMILES string of the molecule is CCCN(C(=O)Nc1ccc(NC(=O)NC(=O)c2c(F)cccc2F)cc1C(F)(F)F)c1ccc(Cl)cc1. The van der Waals surface area contributed by atoms with E-state index in [1.165, 1.54) is 17.0 Å². The van der Waals surface area contributed by atoms with Crippen molar-refractivity contribution in [2.75, 3.05) is 22.1 Å². The maximum Gasteiger partial charge on any atom is 0.418 e. The van der Waals surface area contributed by atoms with Crippen molar-refractivity contribution in [3.63, 3.8) is 0 Å². The number of imide groups is 1. The molecule has 38 heavy (non-hydrogen) atoms. The summed E-state index contributed by atoms with van der Waals surface area (Å²) < 4.78 is 68.9. The van der Waals surface area contributed by atoms with Gasteiger partial charge in [-0.2, -0.15) is 13.2 Å². The second kappa shape index (κ2) is 11.9. The lowest BCUT2D eigenvalue weighted by atomic mass is 10.1. The van der Waals surface area contributed by atoms with Crippen molar-refractivity contribution in [3.05, 3.63) is 88.4 Å². The van der Waals surface area contributed by atoms with Crippen molar-refractivity contribution < 1.29 is 36.3 Å². The Morgan fingerprint density at radius 1 is 0.921 bits per heavy atom. The molecule has 0 saturated heterocycles. The third-order valence-electron chi connectivity index (χ3n) is 5.07. The number of halogens is 6. The number of rotatable bonds is 6. The van der Waals surface area contributed by atoms with E-state index in [-0.39, 0.29) is 6.54 Å². The molecule has 13 heteroatoms. The number of amides is 5. The van der Waals surface area contributed by atoms with E-state index in [1.807, 2.05) is 5.32 Å². The quantitative estimate of drug-likeness (QED) is 0.285. The zero-order valence-electron chi connectivity index (χ0n) is 19.6. The molecule has 3 aromatic carbocycles. The van der Waals surface area contributed by atoms with Gasteiger partial charge in [-0.25, -0.2) is 18.4 Å². The van der Waals surface area contributed by atoms with Crippen LogP contribution in [0.3, 0.4) is 0 Å². The molecule has 0 bridgehead atoms. The minimum atomic E-state index is -4.95. The molecular formula is C25H20ClF5N4O3. The van der Waals surface area contributed by atoms with Crippen LogP contribution in [0.1, 0.15) is 29.3 Å². The lowest BCUT2D eigenvalue weighted by Crippen LogP contribution is -2.36. The fraction of sp³-hybridized carbons (Fsp3) is 0.160. The molecule has 0 aliphatic heterocycles. The van der Waals surface area contributed by atoms with Crippen LogP contribution < -0.4 is 20.9 Å². The number of hydrogen-bond donors (Lipinski definition) is 3. The summed E-state index contributed by atoms with van der Waals surface area (Å²) in [6.45, 7) is 1.99.